The van der Waals surface area contributed by atoms with Gasteiger partial charge in [-0.15, -0.1) is 4.40 Å². The van der Waals surface area contributed by atoms with Gasteiger partial charge in [0.25, 0.3) is 10.0 Å². The number of piperidine rings is 1. The Morgan fingerprint density at radius 2 is 1.90 bits per heavy atom. The van der Waals surface area contributed by atoms with E-state index in [4.69, 9.17) is 0 Å². The van der Waals surface area contributed by atoms with Gasteiger partial charge in [-0.3, -0.25) is 9.59 Å². The zero-order valence-corrected chi connectivity index (χ0v) is 19.5. The summed E-state index contributed by atoms with van der Waals surface area (Å²) in [7, 11) is -2.02. The fraction of sp³-hybridized carbons (Fsp3) is 0.591. The summed E-state index contributed by atoms with van der Waals surface area (Å²) in [6.45, 7) is 7.44. The number of likely N-dealkylation sites (tertiary alicyclic amines) is 2. The molecule has 1 aromatic carbocycles. The molecule has 1 unspecified atom stereocenters. The number of nitrogens with zero attached hydrogens (tertiary/aromatic N) is 3. The minimum atomic E-state index is -3.85. The molecule has 2 aliphatic rings. The summed E-state index contributed by atoms with van der Waals surface area (Å²) in [6.07, 6.45) is 2.98. The van der Waals surface area contributed by atoms with Gasteiger partial charge >= 0.3 is 0 Å². The van der Waals surface area contributed by atoms with Crippen molar-refractivity contribution in [3.8, 4) is 0 Å². The van der Waals surface area contributed by atoms with Gasteiger partial charge in [-0.2, -0.15) is 8.42 Å². The molecule has 3 rings (SSSR count). The van der Waals surface area contributed by atoms with Crippen LogP contribution in [0.4, 0.5) is 5.69 Å². The Labute approximate surface area is 184 Å². The molecule has 0 aliphatic carbocycles. The lowest BCUT2D eigenvalue weighted by atomic mass is 9.91. The Morgan fingerprint density at radius 3 is 2.55 bits per heavy atom. The first-order chi connectivity index (χ1) is 14.5. The van der Waals surface area contributed by atoms with Gasteiger partial charge in [0.1, 0.15) is 5.84 Å². The Bertz CT molecular complexity index is 981. The molecule has 2 fully saturated rings. The van der Waals surface area contributed by atoms with Gasteiger partial charge in [-0.05, 0) is 37.5 Å². The maximum atomic E-state index is 12.8. The van der Waals surface area contributed by atoms with E-state index in [1.807, 2.05) is 32.7 Å². The van der Waals surface area contributed by atoms with Gasteiger partial charge in [0.05, 0.1) is 10.8 Å². The van der Waals surface area contributed by atoms with Crippen molar-refractivity contribution < 1.29 is 18.0 Å². The number of amidine groups is 1. The summed E-state index contributed by atoms with van der Waals surface area (Å²) in [6, 6.07) is 6.17. The fourth-order valence-electron chi connectivity index (χ4n) is 3.93. The third-order valence-corrected chi connectivity index (χ3v) is 6.98. The molecule has 2 saturated heterocycles. The smallest absolute Gasteiger partial charge is 0.284 e. The van der Waals surface area contributed by atoms with Gasteiger partial charge in [-0.1, -0.05) is 26.8 Å². The highest BCUT2D eigenvalue weighted by Gasteiger charge is 2.33. The number of sulfonamides is 1. The van der Waals surface area contributed by atoms with Crippen LogP contribution in [0.5, 0.6) is 0 Å². The van der Waals surface area contributed by atoms with Crippen molar-refractivity contribution in [2.45, 2.75) is 51.3 Å². The molecular weight excluding hydrogens is 416 g/mol. The van der Waals surface area contributed by atoms with Crippen LogP contribution in [0.3, 0.4) is 0 Å². The minimum Gasteiger partial charge on any atom is -0.362 e. The zero-order chi connectivity index (χ0) is 22.8. The molecule has 0 bridgehead atoms. The number of amides is 2. The van der Waals surface area contributed by atoms with E-state index in [9.17, 15) is 18.0 Å². The summed E-state index contributed by atoms with van der Waals surface area (Å²) in [4.78, 5) is 29.1. The monoisotopic (exact) mass is 448 g/mol. The second-order valence-corrected chi connectivity index (χ2v) is 11.0. The van der Waals surface area contributed by atoms with Gasteiger partial charge in [0.2, 0.25) is 11.8 Å². The average molecular weight is 449 g/mol. The van der Waals surface area contributed by atoms with Crippen LogP contribution in [0.1, 0.15) is 46.5 Å². The Hall–Kier alpha value is -2.42. The van der Waals surface area contributed by atoms with Gasteiger partial charge in [0, 0.05) is 44.2 Å². The molecule has 1 atom stereocenters. The van der Waals surface area contributed by atoms with Crippen LogP contribution in [-0.4, -0.2) is 62.5 Å². The van der Waals surface area contributed by atoms with Gasteiger partial charge in [-0.25, -0.2) is 0 Å². The van der Waals surface area contributed by atoms with Crippen LogP contribution in [0.15, 0.2) is 33.6 Å². The standard InChI is InChI=1S/C22H32N4O4S/c1-22(2,3)21(28)26-13-6-8-16(15-26)20(27)23-17-9-5-10-18(14-17)31(29,30)24-19-11-7-12-25(19)4/h5,9-10,14,16H,6-8,11-13,15H2,1-4H3,(H,23,27)/b24-19+. The third kappa shape index (κ3) is 5.64. The first kappa shape index (κ1) is 23.2. The van der Waals surface area contributed by atoms with Crippen LogP contribution in [0, 0.1) is 11.3 Å². The second-order valence-electron chi connectivity index (χ2n) is 9.37. The van der Waals surface area contributed by atoms with Crippen molar-refractivity contribution in [1.82, 2.24) is 9.80 Å². The normalized spacial score (nSPS) is 21.4. The largest absolute Gasteiger partial charge is 0.362 e. The fourth-order valence-corrected chi connectivity index (χ4v) is 5.07. The quantitative estimate of drug-likeness (QED) is 0.764. The maximum absolute atomic E-state index is 12.8. The van der Waals surface area contributed by atoms with E-state index in [1.54, 1.807) is 17.0 Å². The van der Waals surface area contributed by atoms with Crippen molar-refractivity contribution in [1.29, 1.82) is 0 Å². The number of carbonyl (C=O) groups is 2. The molecule has 9 heteroatoms. The van der Waals surface area contributed by atoms with E-state index < -0.39 is 15.4 Å². The summed E-state index contributed by atoms with van der Waals surface area (Å²) in [5.41, 5.74) is -0.0824. The highest BCUT2D eigenvalue weighted by Crippen LogP contribution is 2.25. The maximum Gasteiger partial charge on any atom is 0.284 e. The number of carbonyl (C=O) groups excluding carboxylic acids is 2. The summed E-state index contributed by atoms with van der Waals surface area (Å²) in [5.74, 6) is 0.0600. The predicted octanol–water partition coefficient (Wildman–Crippen LogP) is 2.72. The van der Waals surface area contributed by atoms with Crippen LogP contribution in [-0.2, 0) is 19.6 Å². The molecule has 1 N–H and O–H groups in total. The molecule has 2 amide bonds. The molecule has 1 aromatic rings. The van der Waals surface area contributed by atoms with E-state index in [2.05, 4.69) is 9.71 Å². The van der Waals surface area contributed by atoms with Crippen molar-refractivity contribution in [2.24, 2.45) is 15.7 Å². The van der Waals surface area contributed by atoms with Crippen LogP contribution in [0.25, 0.3) is 0 Å². The first-order valence-electron chi connectivity index (χ1n) is 10.7. The SMILES string of the molecule is CN1CCC/C1=N\S(=O)(=O)c1cccc(NC(=O)C2CCCN(C(=O)C(C)(C)C)C2)c1. The van der Waals surface area contributed by atoms with Crippen molar-refractivity contribution in [3.63, 3.8) is 0 Å². The lowest BCUT2D eigenvalue weighted by Crippen LogP contribution is -2.47. The number of nitrogens with one attached hydrogen (secondary N) is 1. The first-order valence-corrected chi connectivity index (χ1v) is 12.2. The highest BCUT2D eigenvalue weighted by molar-refractivity contribution is 7.90. The summed E-state index contributed by atoms with van der Waals surface area (Å²) >= 11 is 0. The Kier molecular flexibility index (Phi) is 6.73. The summed E-state index contributed by atoms with van der Waals surface area (Å²) in [5, 5.41) is 2.82. The number of rotatable bonds is 4. The zero-order valence-electron chi connectivity index (χ0n) is 18.7. The molecule has 0 spiro atoms. The topological polar surface area (TPSA) is 99.2 Å². The summed E-state index contributed by atoms with van der Waals surface area (Å²) < 4.78 is 29.4. The van der Waals surface area contributed by atoms with Crippen LogP contribution < -0.4 is 5.32 Å². The van der Waals surface area contributed by atoms with E-state index in [1.165, 1.54) is 12.1 Å². The van der Waals surface area contributed by atoms with Gasteiger partial charge < -0.3 is 15.1 Å². The van der Waals surface area contributed by atoms with E-state index >= 15 is 0 Å². The number of hydrogen-bond acceptors (Lipinski definition) is 4. The van der Waals surface area contributed by atoms with E-state index in [0.717, 1.165) is 19.4 Å². The third-order valence-electron chi connectivity index (χ3n) is 5.68. The lowest BCUT2D eigenvalue weighted by Gasteiger charge is -2.35. The molecule has 2 heterocycles. The Balaban J connectivity index is 1.71. The second kappa shape index (κ2) is 8.98. The molecule has 0 aromatic heterocycles. The minimum absolute atomic E-state index is 0.0362. The molecule has 170 valence electrons. The molecule has 0 radical (unpaired) electrons. The Morgan fingerprint density at radius 1 is 1.16 bits per heavy atom. The van der Waals surface area contributed by atoms with Crippen molar-refractivity contribution in [2.75, 3.05) is 32.0 Å². The number of benzene rings is 1. The van der Waals surface area contributed by atoms with Crippen LogP contribution >= 0.6 is 0 Å². The number of anilines is 1. The molecule has 31 heavy (non-hydrogen) atoms. The predicted molar refractivity (Wildman–Crippen MR) is 120 cm³/mol. The molecule has 2 aliphatic heterocycles. The molecule has 0 saturated carbocycles. The van der Waals surface area contributed by atoms with Crippen LogP contribution in [0.2, 0.25) is 0 Å². The van der Waals surface area contributed by atoms with Crippen molar-refractivity contribution >= 4 is 33.4 Å². The van der Waals surface area contributed by atoms with E-state index in [-0.39, 0.29) is 22.6 Å². The number of hydrogen-bond donors (Lipinski definition) is 1. The molecule has 8 nitrogen and oxygen atoms in total. The lowest BCUT2D eigenvalue weighted by molar-refractivity contribution is -0.142. The van der Waals surface area contributed by atoms with E-state index in [0.29, 0.717) is 37.5 Å². The van der Waals surface area contributed by atoms with Crippen molar-refractivity contribution in [3.05, 3.63) is 24.3 Å². The highest BCUT2D eigenvalue weighted by atomic mass is 32.2. The van der Waals surface area contributed by atoms with Gasteiger partial charge in [0.15, 0.2) is 0 Å². The molecular formula is C22H32N4O4S. The average Bonchev–Trinajstić information content (AvgIpc) is 3.11.